The standard InChI is InChI=1S/C12H15N3O4S/c16-9(15-4-1-2-5-15)7-13-12(19)14-10-8(11(17)18)3-6-20-10/h3,6H,1-2,4-5,7H2,(H,17,18)(H2,13,14,19). The third-order valence-electron chi connectivity index (χ3n) is 2.98. The van der Waals surface area contributed by atoms with Crippen LogP contribution in [-0.4, -0.2) is 47.5 Å². The van der Waals surface area contributed by atoms with Crippen LogP contribution in [0.3, 0.4) is 0 Å². The predicted octanol–water partition coefficient (Wildman–Crippen LogP) is 1.19. The van der Waals surface area contributed by atoms with Crippen molar-refractivity contribution in [3.05, 3.63) is 17.0 Å². The molecule has 0 spiro atoms. The molecule has 1 aromatic heterocycles. The molecule has 8 heteroatoms. The lowest BCUT2D eigenvalue weighted by molar-refractivity contribution is -0.128. The minimum atomic E-state index is -1.10. The van der Waals surface area contributed by atoms with E-state index in [1.54, 1.807) is 10.3 Å². The monoisotopic (exact) mass is 297 g/mol. The zero-order valence-corrected chi connectivity index (χ0v) is 11.5. The van der Waals surface area contributed by atoms with E-state index in [1.807, 2.05) is 0 Å². The molecular weight excluding hydrogens is 282 g/mol. The van der Waals surface area contributed by atoms with Crippen LogP contribution in [0.4, 0.5) is 9.80 Å². The van der Waals surface area contributed by atoms with E-state index < -0.39 is 12.0 Å². The number of thiophene rings is 1. The molecule has 0 saturated carbocycles. The summed E-state index contributed by atoms with van der Waals surface area (Å²) in [6.07, 6.45) is 1.99. The van der Waals surface area contributed by atoms with Gasteiger partial charge in [-0.1, -0.05) is 0 Å². The lowest BCUT2D eigenvalue weighted by atomic mass is 10.3. The van der Waals surface area contributed by atoms with Crippen LogP contribution in [0.15, 0.2) is 11.4 Å². The molecule has 1 aromatic rings. The number of carboxylic acid groups (broad SMARTS) is 1. The number of hydrogen-bond donors (Lipinski definition) is 3. The Bertz CT molecular complexity index is 523. The van der Waals surface area contributed by atoms with Crippen LogP contribution in [0.25, 0.3) is 0 Å². The number of aromatic carboxylic acids is 1. The van der Waals surface area contributed by atoms with E-state index in [4.69, 9.17) is 5.11 Å². The molecular formula is C12H15N3O4S. The Morgan fingerprint density at radius 3 is 2.65 bits per heavy atom. The van der Waals surface area contributed by atoms with Crippen LogP contribution in [-0.2, 0) is 4.79 Å². The first-order valence-corrected chi connectivity index (χ1v) is 7.09. The fourth-order valence-electron chi connectivity index (χ4n) is 1.96. The molecule has 20 heavy (non-hydrogen) atoms. The van der Waals surface area contributed by atoms with Gasteiger partial charge in [0, 0.05) is 13.1 Å². The van der Waals surface area contributed by atoms with Crippen molar-refractivity contribution < 1.29 is 19.5 Å². The van der Waals surface area contributed by atoms with Gasteiger partial charge in [0.05, 0.1) is 12.1 Å². The average Bonchev–Trinajstić information content (AvgIpc) is 3.06. The van der Waals surface area contributed by atoms with E-state index in [0.29, 0.717) is 0 Å². The van der Waals surface area contributed by atoms with Gasteiger partial charge in [0.2, 0.25) is 5.91 Å². The summed E-state index contributed by atoms with van der Waals surface area (Å²) in [6, 6.07) is 0.834. The smallest absolute Gasteiger partial charge is 0.338 e. The average molecular weight is 297 g/mol. The quantitative estimate of drug-likeness (QED) is 0.777. The maximum atomic E-state index is 11.7. The maximum Gasteiger partial charge on any atom is 0.338 e. The number of rotatable bonds is 4. The Hall–Kier alpha value is -2.09. The molecule has 0 bridgehead atoms. The van der Waals surface area contributed by atoms with E-state index in [1.165, 1.54) is 6.07 Å². The summed E-state index contributed by atoms with van der Waals surface area (Å²) in [7, 11) is 0. The zero-order chi connectivity index (χ0) is 14.5. The molecule has 3 N–H and O–H groups in total. The summed E-state index contributed by atoms with van der Waals surface area (Å²) in [6.45, 7) is 1.38. The molecule has 0 aromatic carbocycles. The highest BCUT2D eigenvalue weighted by atomic mass is 32.1. The van der Waals surface area contributed by atoms with E-state index in [0.717, 1.165) is 37.3 Å². The molecule has 2 rings (SSSR count). The third-order valence-corrected chi connectivity index (χ3v) is 3.81. The number of carbonyl (C=O) groups excluding carboxylic acids is 2. The van der Waals surface area contributed by atoms with Gasteiger partial charge in [-0.15, -0.1) is 11.3 Å². The molecule has 1 aliphatic heterocycles. The van der Waals surface area contributed by atoms with Crippen molar-refractivity contribution in [1.82, 2.24) is 10.2 Å². The number of anilines is 1. The van der Waals surface area contributed by atoms with Crippen LogP contribution in [0.1, 0.15) is 23.2 Å². The van der Waals surface area contributed by atoms with E-state index in [9.17, 15) is 14.4 Å². The van der Waals surface area contributed by atoms with E-state index in [2.05, 4.69) is 10.6 Å². The second-order valence-electron chi connectivity index (χ2n) is 4.36. The van der Waals surface area contributed by atoms with Crippen molar-refractivity contribution >= 4 is 34.2 Å². The molecule has 0 unspecified atom stereocenters. The fourth-order valence-corrected chi connectivity index (χ4v) is 2.73. The molecule has 2 heterocycles. The molecule has 7 nitrogen and oxygen atoms in total. The number of amides is 3. The van der Waals surface area contributed by atoms with Gasteiger partial charge >= 0.3 is 12.0 Å². The summed E-state index contributed by atoms with van der Waals surface area (Å²) >= 11 is 1.12. The van der Waals surface area contributed by atoms with Gasteiger partial charge < -0.3 is 15.3 Å². The number of urea groups is 1. The number of hydrogen-bond acceptors (Lipinski definition) is 4. The second-order valence-corrected chi connectivity index (χ2v) is 5.28. The van der Waals surface area contributed by atoms with Crippen molar-refractivity contribution in [3.8, 4) is 0 Å². The predicted molar refractivity (Wildman–Crippen MR) is 74.1 cm³/mol. The topological polar surface area (TPSA) is 98.7 Å². The molecule has 3 amide bonds. The van der Waals surface area contributed by atoms with Crippen molar-refractivity contribution in [2.24, 2.45) is 0 Å². The van der Waals surface area contributed by atoms with Crippen LogP contribution in [0.2, 0.25) is 0 Å². The highest BCUT2D eigenvalue weighted by molar-refractivity contribution is 7.14. The fraction of sp³-hybridized carbons (Fsp3) is 0.417. The van der Waals surface area contributed by atoms with Crippen LogP contribution < -0.4 is 10.6 Å². The Morgan fingerprint density at radius 1 is 1.30 bits per heavy atom. The first-order valence-electron chi connectivity index (χ1n) is 6.21. The minimum absolute atomic E-state index is 0.0380. The number of nitrogens with one attached hydrogen (secondary N) is 2. The van der Waals surface area contributed by atoms with E-state index >= 15 is 0 Å². The molecule has 0 radical (unpaired) electrons. The summed E-state index contributed by atoms with van der Waals surface area (Å²) in [5, 5.41) is 15.6. The first-order chi connectivity index (χ1) is 9.58. The maximum absolute atomic E-state index is 11.7. The number of likely N-dealkylation sites (tertiary alicyclic amines) is 1. The highest BCUT2D eigenvalue weighted by Gasteiger charge is 2.19. The van der Waals surface area contributed by atoms with Crippen molar-refractivity contribution in [2.45, 2.75) is 12.8 Å². The molecule has 1 fully saturated rings. The zero-order valence-electron chi connectivity index (χ0n) is 10.7. The van der Waals surface area contributed by atoms with Gasteiger partial charge in [0.1, 0.15) is 5.00 Å². The molecule has 1 aliphatic rings. The van der Waals surface area contributed by atoms with E-state index in [-0.39, 0.29) is 23.0 Å². The number of carboxylic acids is 1. The summed E-state index contributed by atoms with van der Waals surface area (Å²) in [5.41, 5.74) is 0.0380. The molecule has 108 valence electrons. The van der Waals surface area contributed by atoms with Gasteiger partial charge in [-0.05, 0) is 24.3 Å². The van der Waals surface area contributed by atoms with Crippen molar-refractivity contribution in [3.63, 3.8) is 0 Å². The normalized spacial score (nSPS) is 14.1. The number of carbonyl (C=O) groups is 3. The summed E-state index contributed by atoms with van der Waals surface area (Å²) < 4.78 is 0. The second kappa shape index (κ2) is 6.38. The molecule has 0 atom stereocenters. The van der Waals surface area contributed by atoms with Crippen molar-refractivity contribution in [1.29, 1.82) is 0 Å². The number of nitrogens with zero attached hydrogens (tertiary/aromatic N) is 1. The highest BCUT2D eigenvalue weighted by Crippen LogP contribution is 2.22. The largest absolute Gasteiger partial charge is 0.478 e. The summed E-state index contributed by atoms with van der Waals surface area (Å²) in [5.74, 6) is -1.23. The Labute approximate surface area is 119 Å². The lowest BCUT2D eigenvalue weighted by Crippen LogP contribution is -2.40. The van der Waals surface area contributed by atoms with Crippen LogP contribution in [0.5, 0.6) is 0 Å². The van der Waals surface area contributed by atoms with Crippen LogP contribution in [0, 0.1) is 0 Å². The van der Waals surface area contributed by atoms with Gasteiger partial charge in [-0.25, -0.2) is 9.59 Å². The Balaban J connectivity index is 1.81. The van der Waals surface area contributed by atoms with Gasteiger partial charge in [-0.3, -0.25) is 10.1 Å². The third kappa shape index (κ3) is 3.47. The SMILES string of the molecule is O=C(NCC(=O)N1CCCC1)Nc1sccc1C(=O)O. The summed E-state index contributed by atoms with van der Waals surface area (Å²) in [4.78, 5) is 35.9. The van der Waals surface area contributed by atoms with Crippen LogP contribution >= 0.6 is 11.3 Å². The minimum Gasteiger partial charge on any atom is -0.478 e. The lowest BCUT2D eigenvalue weighted by Gasteiger charge is -2.15. The molecule has 0 aliphatic carbocycles. The Morgan fingerprint density at radius 2 is 2.00 bits per heavy atom. The first kappa shape index (κ1) is 14.3. The van der Waals surface area contributed by atoms with Gasteiger partial charge in [-0.2, -0.15) is 0 Å². The van der Waals surface area contributed by atoms with Crippen molar-refractivity contribution in [2.75, 3.05) is 25.0 Å². The van der Waals surface area contributed by atoms with Gasteiger partial charge in [0.15, 0.2) is 0 Å². The van der Waals surface area contributed by atoms with Gasteiger partial charge in [0.25, 0.3) is 0 Å². The Kier molecular flexibility index (Phi) is 4.57. The molecule has 1 saturated heterocycles.